The Labute approximate surface area is 258 Å². The van der Waals surface area contributed by atoms with Crippen LogP contribution in [0.2, 0.25) is 0 Å². The van der Waals surface area contributed by atoms with Gasteiger partial charge in [-0.05, 0) is 82.9 Å². The van der Waals surface area contributed by atoms with Gasteiger partial charge < -0.3 is 14.4 Å². The van der Waals surface area contributed by atoms with Gasteiger partial charge in [0, 0.05) is 35.2 Å². The van der Waals surface area contributed by atoms with E-state index in [4.69, 9.17) is 9.51 Å². The van der Waals surface area contributed by atoms with Crippen LogP contribution in [0.25, 0.3) is 22.2 Å². The van der Waals surface area contributed by atoms with E-state index in [1.54, 1.807) is 32.0 Å². The zero-order valence-corrected chi connectivity index (χ0v) is 27.1. The number of sulfonamides is 1. The maximum absolute atomic E-state index is 13.4. The van der Waals surface area contributed by atoms with Crippen LogP contribution in [0.5, 0.6) is 0 Å². The number of carbonyl (C=O) groups is 1. The topological polar surface area (TPSA) is 119 Å². The second-order valence-electron chi connectivity index (χ2n) is 12.2. The average Bonchev–Trinajstić information content (AvgIpc) is 3.47. The third-order valence-electron chi connectivity index (χ3n) is 7.51. The number of imidazole rings is 1. The number of hydrogen-bond donors (Lipinski definition) is 2. The van der Waals surface area contributed by atoms with Crippen LogP contribution in [0.3, 0.4) is 0 Å². The lowest BCUT2D eigenvalue weighted by molar-refractivity contribution is 0.0919. The molecule has 2 N–H and O–H groups in total. The quantitative estimate of drug-likeness (QED) is 0.186. The summed E-state index contributed by atoms with van der Waals surface area (Å²) in [7, 11) is -3.94. The Kier molecular flexibility index (Phi) is 8.40. The highest BCUT2D eigenvalue weighted by atomic mass is 32.2. The molecule has 5 aromatic rings. The van der Waals surface area contributed by atoms with Crippen molar-refractivity contribution >= 4 is 32.8 Å². The molecule has 0 aliphatic rings. The highest BCUT2D eigenvalue weighted by molar-refractivity contribution is 7.92. The summed E-state index contributed by atoms with van der Waals surface area (Å²) in [6, 6.07) is 18.6. The van der Waals surface area contributed by atoms with E-state index in [-0.39, 0.29) is 22.2 Å². The Balaban J connectivity index is 1.48. The van der Waals surface area contributed by atoms with Crippen LogP contribution in [0.1, 0.15) is 72.7 Å². The third-order valence-corrected chi connectivity index (χ3v) is 8.90. The van der Waals surface area contributed by atoms with Gasteiger partial charge >= 0.3 is 0 Å². The Morgan fingerprint density at radius 1 is 1.00 bits per heavy atom. The van der Waals surface area contributed by atoms with Gasteiger partial charge in [0.15, 0.2) is 0 Å². The van der Waals surface area contributed by atoms with Crippen molar-refractivity contribution in [2.45, 2.75) is 78.3 Å². The Bertz CT molecular complexity index is 1950. The number of aryl methyl sites for hydroxylation is 3. The molecule has 3 aromatic carbocycles. The van der Waals surface area contributed by atoms with Crippen molar-refractivity contribution in [1.29, 1.82) is 0 Å². The van der Waals surface area contributed by atoms with Crippen molar-refractivity contribution in [1.82, 2.24) is 20.0 Å². The van der Waals surface area contributed by atoms with Crippen molar-refractivity contribution in [2.75, 3.05) is 4.72 Å². The zero-order valence-electron chi connectivity index (χ0n) is 26.3. The summed E-state index contributed by atoms with van der Waals surface area (Å²) in [5.41, 5.74) is 6.64. The Hall–Kier alpha value is -4.44. The number of carbonyl (C=O) groups excluding carboxylic acids is 1. The lowest BCUT2D eigenvalue weighted by Gasteiger charge is -2.20. The lowest BCUT2D eigenvalue weighted by Crippen LogP contribution is -2.40. The molecule has 0 radical (unpaired) electrons. The number of aromatic nitrogens is 3. The van der Waals surface area contributed by atoms with Crippen LogP contribution in [-0.4, -0.2) is 34.6 Å². The maximum atomic E-state index is 13.4. The van der Waals surface area contributed by atoms with Crippen LogP contribution in [0, 0.1) is 20.8 Å². The fourth-order valence-corrected chi connectivity index (χ4v) is 6.45. The van der Waals surface area contributed by atoms with Crippen molar-refractivity contribution in [3.63, 3.8) is 0 Å². The number of rotatable bonds is 9. The second-order valence-corrected chi connectivity index (χ2v) is 13.9. The van der Waals surface area contributed by atoms with Gasteiger partial charge in [-0.15, -0.1) is 0 Å². The molecule has 0 fully saturated rings. The molecule has 0 bridgehead atoms. The normalized spacial score (nSPS) is 12.1. The molecule has 2 aromatic heterocycles. The van der Waals surface area contributed by atoms with Crippen LogP contribution in [0.15, 0.2) is 70.1 Å². The second kappa shape index (κ2) is 11.9. The molecule has 0 aliphatic carbocycles. The van der Waals surface area contributed by atoms with E-state index in [9.17, 15) is 13.2 Å². The Morgan fingerprint density at radius 3 is 2.34 bits per heavy atom. The van der Waals surface area contributed by atoms with Gasteiger partial charge in [-0.3, -0.25) is 4.79 Å². The average molecular weight is 614 g/mol. The molecule has 2 heterocycles. The summed E-state index contributed by atoms with van der Waals surface area (Å²) in [5, 5.41) is 6.91. The molecule has 0 atom stereocenters. The number of fused-ring (bicyclic) bond motifs is 1. The summed E-state index contributed by atoms with van der Waals surface area (Å²) < 4.78 is 36.7. The number of benzene rings is 3. The first kappa shape index (κ1) is 31.0. The van der Waals surface area contributed by atoms with Crippen molar-refractivity contribution < 1.29 is 17.7 Å². The first-order valence-electron chi connectivity index (χ1n) is 14.7. The zero-order chi connectivity index (χ0) is 31.8. The fraction of sp³-hybridized carbons (Fsp3) is 0.324. The van der Waals surface area contributed by atoms with E-state index >= 15 is 0 Å². The predicted octanol–water partition coefficient (Wildman–Crippen LogP) is 6.95. The molecule has 1 amide bonds. The maximum Gasteiger partial charge on any atom is 0.264 e. The van der Waals surface area contributed by atoms with Crippen LogP contribution in [-0.2, 0) is 23.0 Å². The summed E-state index contributed by atoms with van der Waals surface area (Å²) in [5.74, 6) is 0.953. The van der Waals surface area contributed by atoms with Gasteiger partial charge in [0.25, 0.3) is 15.9 Å². The summed E-state index contributed by atoms with van der Waals surface area (Å²) >= 11 is 0. The molecule has 0 unspecified atom stereocenters. The fourth-order valence-electron chi connectivity index (χ4n) is 5.17. The first-order valence-corrected chi connectivity index (χ1v) is 16.2. The van der Waals surface area contributed by atoms with E-state index in [1.165, 1.54) is 0 Å². The van der Waals surface area contributed by atoms with E-state index in [1.807, 2.05) is 70.2 Å². The smallest absolute Gasteiger partial charge is 0.264 e. The van der Waals surface area contributed by atoms with Crippen LogP contribution in [0.4, 0.5) is 5.88 Å². The minimum atomic E-state index is -3.94. The minimum absolute atomic E-state index is 0.109. The number of amides is 1. The molecule has 10 heteroatoms. The van der Waals surface area contributed by atoms with Crippen molar-refractivity contribution in [3.05, 3.63) is 94.4 Å². The van der Waals surface area contributed by atoms with Crippen LogP contribution >= 0.6 is 0 Å². The summed E-state index contributed by atoms with van der Waals surface area (Å²) in [4.78, 5) is 18.2. The van der Waals surface area contributed by atoms with Gasteiger partial charge in [0.2, 0.25) is 5.88 Å². The molecule has 230 valence electrons. The van der Waals surface area contributed by atoms with Crippen molar-refractivity contribution in [2.24, 2.45) is 0 Å². The van der Waals surface area contributed by atoms with Gasteiger partial charge in [-0.25, -0.2) is 18.1 Å². The van der Waals surface area contributed by atoms with E-state index < -0.39 is 10.0 Å². The molecule has 5 rings (SSSR count). The predicted molar refractivity (Wildman–Crippen MR) is 173 cm³/mol. The largest absolute Gasteiger partial charge is 0.347 e. The number of nitrogens with zero attached hydrogens (tertiary/aromatic N) is 3. The summed E-state index contributed by atoms with van der Waals surface area (Å²) in [6.07, 6.45) is 1.74. The third kappa shape index (κ3) is 6.40. The van der Waals surface area contributed by atoms with Gasteiger partial charge in [0.1, 0.15) is 5.82 Å². The SMILES string of the molecule is CCCc1nc2c(C)cc(C(=O)NC(C)(C)C)cc2n1Cc1ccc(-c2ccccc2S(=O)(=O)Nc2onc(C)c2C)cc1. The molecule has 0 saturated heterocycles. The van der Waals surface area contributed by atoms with Gasteiger partial charge in [-0.2, -0.15) is 0 Å². The molecule has 0 saturated carbocycles. The molecular formula is C34H39N5O4S. The van der Waals surface area contributed by atoms with Crippen LogP contribution < -0.4 is 10.0 Å². The van der Waals surface area contributed by atoms with Gasteiger partial charge in [0.05, 0.1) is 21.6 Å². The number of hydrogen-bond acceptors (Lipinski definition) is 6. The standard InChI is InChI=1S/C34H39N5O4S/c1-8-11-30-35-31-21(2)18-26(32(40)36-34(5,6)7)19-28(31)39(30)20-24-14-16-25(17-15-24)27-12-9-10-13-29(27)44(41,42)38-33-22(3)23(4)37-43-33/h9-10,12-19,38H,8,11,20H2,1-7H3,(H,36,40). The molecular weight excluding hydrogens is 574 g/mol. The molecule has 0 spiro atoms. The van der Waals surface area contributed by atoms with E-state index in [0.29, 0.717) is 28.9 Å². The number of anilines is 1. The molecule has 0 aliphatic heterocycles. The molecule has 9 nitrogen and oxygen atoms in total. The monoisotopic (exact) mass is 613 g/mol. The van der Waals surface area contributed by atoms with Crippen molar-refractivity contribution in [3.8, 4) is 11.1 Å². The van der Waals surface area contributed by atoms with Gasteiger partial charge in [-0.1, -0.05) is 54.5 Å². The van der Waals surface area contributed by atoms with E-state index in [2.05, 4.69) is 26.7 Å². The lowest BCUT2D eigenvalue weighted by atomic mass is 10.0. The van der Waals surface area contributed by atoms with E-state index in [0.717, 1.165) is 46.4 Å². The first-order chi connectivity index (χ1) is 20.8. The minimum Gasteiger partial charge on any atom is -0.347 e. The highest BCUT2D eigenvalue weighted by Gasteiger charge is 2.23. The summed E-state index contributed by atoms with van der Waals surface area (Å²) in [6.45, 7) is 14.1. The molecule has 44 heavy (non-hydrogen) atoms. The Morgan fingerprint density at radius 2 is 1.70 bits per heavy atom. The number of nitrogens with one attached hydrogen (secondary N) is 2. The highest BCUT2D eigenvalue weighted by Crippen LogP contribution is 2.31.